The van der Waals surface area contributed by atoms with Gasteiger partial charge < -0.3 is 15.0 Å². The number of hydrogen-bond acceptors (Lipinski definition) is 4. The molecule has 0 saturated carbocycles. The van der Waals surface area contributed by atoms with Gasteiger partial charge in [-0.3, -0.25) is 0 Å². The molecule has 0 aliphatic carbocycles. The van der Waals surface area contributed by atoms with Crippen LogP contribution in [0.2, 0.25) is 0 Å². The van der Waals surface area contributed by atoms with Crippen LogP contribution < -0.4 is 10.1 Å². The summed E-state index contributed by atoms with van der Waals surface area (Å²) >= 11 is 0. The molecule has 2 aromatic carbocycles. The third kappa shape index (κ3) is 4.58. The second-order valence-electron chi connectivity index (χ2n) is 6.21. The van der Waals surface area contributed by atoms with Crippen molar-refractivity contribution in [2.45, 2.75) is 11.4 Å². The number of piperazine rings is 1. The van der Waals surface area contributed by atoms with Crippen LogP contribution in [-0.2, 0) is 16.6 Å². The van der Waals surface area contributed by atoms with Crippen LogP contribution in [0.5, 0.6) is 5.75 Å². The van der Waals surface area contributed by atoms with E-state index in [0.29, 0.717) is 19.6 Å². The topological polar surface area (TPSA) is 79.0 Å². The Morgan fingerprint density at radius 1 is 1.04 bits per heavy atom. The Morgan fingerprint density at radius 3 is 2.41 bits per heavy atom. The summed E-state index contributed by atoms with van der Waals surface area (Å²) < 4.78 is 31.9. The van der Waals surface area contributed by atoms with Crippen LogP contribution in [0.1, 0.15) is 5.56 Å². The third-order valence-corrected chi connectivity index (χ3v) is 6.40. The standard InChI is InChI=1S/C19H23N3O4S/c1-26-17-7-5-6-16(14-17)15-20-19(23)21-10-12-22(13-11-21)27(24,25)18-8-3-2-4-9-18/h2-9,14H,10-13,15H2,1H3,(H,20,23). The minimum Gasteiger partial charge on any atom is -0.497 e. The van der Waals surface area contributed by atoms with Crippen molar-refractivity contribution in [1.82, 2.24) is 14.5 Å². The van der Waals surface area contributed by atoms with E-state index in [0.717, 1.165) is 11.3 Å². The van der Waals surface area contributed by atoms with Gasteiger partial charge in [0.25, 0.3) is 0 Å². The van der Waals surface area contributed by atoms with Crippen molar-refractivity contribution in [3.05, 3.63) is 60.2 Å². The van der Waals surface area contributed by atoms with Crippen LogP contribution in [0.4, 0.5) is 4.79 Å². The molecule has 2 amide bonds. The lowest BCUT2D eigenvalue weighted by molar-refractivity contribution is 0.172. The molecular weight excluding hydrogens is 366 g/mol. The van der Waals surface area contributed by atoms with Gasteiger partial charge in [-0.05, 0) is 29.8 Å². The minimum absolute atomic E-state index is 0.199. The van der Waals surface area contributed by atoms with Crippen LogP contribution in [-0.4, -0.2) is 56.9 Å². The smallest absolute Gasteiger partial charge is 0.317 e. The van der Waals surface area contributed by atoms with E-state index in [-0.39, 0.29) is 24.0 Å². The van der Waals surface area contributed by atoms with Gasteiger partial charge in [0, 0.05) is 32.7 Å². The molecule has 0 aromatic heterocycles. The second-order valence-corrected chi connectivity index (χ2v) is 8.15. The first kappa shape index (κ1) is 19.2. The highest BCUT2D eigenvalue weighted by Gasteiger charge is 2.29. The van der Waals surface area contributed by atoms with Crippen molar-refractivity contribution in [3.8, 4) is 5.75 Å². The summed E-state index contributed by atoms with van der Waals surface area (Å²) in [5.74, 6) is 0.737. The fraction of sp³-hybridized carbons (Fsp3) is 0.316. The van der Waals surface area contributed by atoms with E-state index in [1.165, 1.54) is 4.31 Å². The maximum absolute atomic E-state index is 12.6. The Balaban J connectivity index is 1.53. The highest BCUT2D eigenvalue weighted by atomic mass is 32.2. The molecule has 7 nitrogen and oxygen atoms in total. The molecule has 0 unspecified atom stereocenters. The summed E-state index contributed by atoms with van der Waals surface area (Å²) in [5, 5.41) is 2.87. The molecule has 1 fully saturated rings. The minimum atomic E-state index is -3.51. The van der Waals surface area contributed by atoms with Crippen molar-refractivity contribution in [2.24, 2.45) is 0 Å². The second kappa shape index (κ2) is 8.41. The number of hydrogen-bond donors (Lipinski definition) is 1. The van der Waals surface area contributed by atoms with Gasteiger partial charge in [-0.25, -0.2) is 13.2 Å². The van der Waals surface area contributed by atoms with E-state index in [1.54, 1.807) is 42.3 Å². The maximum atomic E-state index is 12.6. The number of methoxy groups -OCH3 is 1. The first-order chi connectivity index (χ1) is 13.0. The number of sulfonamides is 1. The summed E-state index contributed by atoms with van der Waals surface area (Å²) in [6.07, 6.45) is 0. The molecule has 2 aromatic rings. The molecular formula is C19H23N3O4S. The monoisotopic (exact) mass is 389 g/mol. The molecule has 3 rings (SSSR count). The van der Waals surface area contributed by atoms with Crippen LogP contribution >= 0.6 is 0 Å². The highest BCUT2D eigenvalue weighted by molar-refractivity contribution is 7.89. The average Bonchev–Trinajstić information content (AvgIpc) is 2.73. The zero-order valence-electron chi connectivity index (χ0n) is 15.2. The molecule has 0 atom stereocenters. The van der Waals surface area contributed by atoms with Crippen molar-refractivity contribution in [1.29, 1.82) is 0 Å². The van der Waals surface area contributed by atoms with E-state index in [9.17, 15) is 13.2 Å². The lowest BCUT2D eigenvalue weighted by Gasteiger charge is -2.34. The van der Waals surface area contributed by atoms with Crippen molar-refractivity contribution in [2.75, 3.05) is 33.3 Å². The summed E-state index contributed by atoms with van der Waals surface area (Å²) in [5.41, 5.74) is 0.938. The number of rotatable bonds is 5. The lowest BCUT2D eigenvalue weighted by Crippen LogP contribution is -2.52. The number of ether oxygens (including phenoxy) is 1. The van der Waals surface area contributed by atoms with Gasteiger partial charge >= 0.3 is 6.03 Å². The van der Waals surface area contributed by atoms with Crippen molar-refractivity contribution in [3.63, 3.8) is 0 Å². The largest absolute Gasteiger partial charge is 0.497 e. The molecule has 27 heavy (non-hydrogen) atoms. The summed E-state index contributed by atoms with van der Waals surface area (Å²) in [4.78, 5) is 14.3. The molecule has 8 heteroatoms. The van der Waals surface area contributed by atoms with Crippen LogP contribution in [0.15, 0.2) is 59.5 Å². The molecule has 1 heterocycles. The SMILES string of the molecule is COc1cccc(CNC(=O)N2CCN(S(=O)(=O)c3ccccc3)CC2)c1. The maximum Gasteiger partial charge on any atom is 0.317 e. The van der Waals surface area contributed by atoms with Crippen LogP contribution in [0, 0.1) is 0 Å². The van der Waals surface area contributed by atoms with E-state index >= 15 is 0 Å². The predicted molar refractivity (Wildman–Crippen MR) is 102 cm³/mol. The first-order valence-corrected chi connectivity index (χ1v) is 10.2. The predicted octanol–water partition coefficient (Wildman–Crippen LogP) is 1.91. The van der Waals surface area contributed by atoms with Gasteiger partial charge in [-0.2, -0.15) is 4.31 Å². The normalized spacial score (nSPS) is 15.4. The summed E-state index contributed by atoms with van der Waals surface area (Å²) in [6.45, 7) is 1.66. The quantitative estimate of drug-likeness (QED) is 0.847. The number of carbonyl (C=O) groups excluding carboxylic acids is 1. The van der Waals surface area contributed by atoms with Gasteiger partial charge in [-0.1, -0.05) is 30.3 Å². The molecule has 0 spiro atoms. The Morgan fingerprint density at radius 2 is 1.74 bits per heavy atom. The van der Waals surface area contributed by atoms with Gasteiger partial charge in [0.15, 0.2) is 0 Å². The molecule has 1 aliphatic rings. The number of amides is 2. The molecule has 0 bridgehead atoms. The molecule has 1 saturated heterocycles. The van der Waals surface area contributed by atoms with Gasteiger partial charge in [0.05, 0.1) is 12.0 Å². The third-order valence-electron chi connectivity index (χ3n) is 4.48. The molecule has 0 radical (unpaired) electrons. The number of nitrogens with one attached hydrogen (secondary N) is 1. The van der Waals surface area contributed by atoms with Crippen molar-refractivity contribution >= 4 is 16.1 Å². The molecule has 1 N–H and O–H groups in total. The Kier molecular flexibility index (Phi) is 5.98. The zero-order chi connectivity index (χ0) is 19.3. The number of urea groups is 1. The van der Waals surface area contributed by atoms with Crippen LogP contribution in [0.3, 0.4) is 0 Å². The highest BCUT2D eigenvalue weighted by Crippen LogP contribution is 2.17. The number of benzene rings is 2. The number of nitrogens with zero attached hydrogens (tertiary/aromatic N) is 2. The van der Waals surface area contributed by atoms with Gasteiger partial charge in [0.1, 0.15) is 5.75 Å². The summed E-state index contributed by atoms with van der Waals surface area (Å²) in [7, 11) is -1.92. The fourth-order valence-corrected chi connectivity index (χ4v) is 4.39. The Bertz CT molecular complexity index is 879. The van der Waals surface area contributed by atoms with E-state index < -0.39 is 10.0 Å². The van der Waals surface area contributed by atoms with Crippen molar-refractivity contribution < 1.29 is 17.9 Å². The van der Waals surface area contributed by atoms with Gasteiger partial charge in [-0.15, -0.1) is 0 Å². The molecule has 1 aliphatic heterocycles. The lowest BCUT2D eigenvalue weighted by atomic mass is 10.2. The number of carbonyl (C=O) groups is 1. The summed E-state index contributed by atoms with van der Waals surface area (Å²) in [6, 6.07) is 15.6. The van der Waals surface area contributed by atoms with E-state index in [4.69, 9.17) is 4.74 Å². The Labute approximate surface area is 159 Å². The average molecular weight is 389 g/mol. The fourth-order valence-electron chi connectivity index (χ4n) is 2.94. The first-order valence-electron chi connectivity index (χ1n) is 8.71. The van der Waals surface area contributed by atoms with E-state index in [1.807, 2.05) is 24.3 Å². The van der Waals surface area contributed by atoms with Gasteiger partial charge in [0.2, 0.25) is 10.0 Å². The van der Waals surface area contributed by atoms with Crippen LogP contribution in [0.25, 0.3) is 0 Å². The zero-order valence-corrected chi connectivity index (χ0v) is 16.0. The Hall–Kier alpha value is -2.58. The molecule has 144 valence electrons. The van der Waals surface area contributed by atoms with E-state index in [2.05, 4.69) is 5.32 Å².